The van der Waals surface area contributed by atoms with Crippen LogP contribution in [0.3, 0.4) is 0 Å². The molecule has 4 N–H and O–H groups in total. The Balaban J connectivity index is 2.01. The Labute approximate surface area is 157 Å². The van der Waals surface area contributed by atoms with Crippen LogP contribution < -0.4 is 11.5 Å². The molecule has 1 atom stereocenters. The summed E-state index contributed by atoms with van der Waals surface area (Å²) in [5.74, 6) is 0.892. The Hall–Kier alpha value is -2.29. The van der Waals surface area contributed by atoms with Crippen molar-refractivity contribution < 1.29 is 4.58 Å². The fourth-order valence-corrected chi connectivity index (χ4v) is 3.83. The molecule has 2 aromatic rings. The topological polar surface area (TPSA) is 55.0 Å². The second-order valence-corrected chi connectivity index (χ2v) is 8.76. The Morgan fingerprint density at radius 2 is 1.69 bits per heavy atom. The fourth-order valence-electron chi connectivity index (χ4n) is 3.83. The quantitative estimate of drug-likeness (QED) is 0.608. The first kappa shape index (κ1) is 18.5. The third-order valence-corrected chi connectivity index (χ3v) is 5.47. The number of hydrogen-bond donors (Lipinski definition) is 2. The third kappa shape index (κ3) is 3.48. The van der Waals surface area contributed by atoms with Crippen molar-refractivity contribution in [3.8, 4) is 0 Å². The first-order valence-electron chi connectivity index (χ1n) is 9.59. The number of aryl methyl sites for hydroxylation is 1. The molecule has 3 nitrogen and oxygen atoms in total. The average molecular weight is 351 g/mol. The van der Waals surface area contributed by atoms with Crippen molar-refractivity contribution in [2.45, 2.75) is 64.8 Å². The second-order valence-electron chi connectivity index (χ2n) is 8.76. The Morgan fingerprint density at radius 1 is 1.04 bits per heavy atom. The number of fused-ring (bicyclic) bond motifs is 1. The average Bonchev–Trinajstić information content (AvgIpc) is 2.59. The van der Waals surface area contributed by atoms with Gasteiger partial charge in [-0.1, -0.05) is 71.0 Å². The summed E-state index contributed by atoms with van der Waals surface area (Å²) < 4.78 is 2.11. The number of nitrogens with zero attached hydrogens (tertiary/aromatic N) is 1. The first-order chi connectivity index (χ1) is 12.2. The van der Waals surface area contributed by atoms with Gasteiger partial charge in [0.05, 0.1) is 0 Å². The predicted octanol–water partition coefficient (Wildman–Crippen LogP) is 4.71. The van der Waals surface area contributed by atoms with Crippen molar-refractivity contribution in [2.24, 2.45) is 11.5 Å². The van der Waals surface area contributed by atoms with Gasteiger partial charge in [0.2, 0.25) is 0 Å². The molecule has 3 heteroatoms. The van der Waals surface area contributed by atoms with Gasteiger partial charge in [-0.3, -0.25) is 11.5 Å². The number of rotatable bonds is 2. The van der Waals surface area contributed by atoms with Gasteiger partial charge in [-0.25, -0.2) is 4.58 Å². The molecule has 0 aliphatic carbocycles. The van der Waals surface area contributed by atoms with E-state index in [0.29, 0.717) is 11.9 Å². The van der Waals surface area contributed by atoms with E-state index in [0.717, 1.165) is 18.5 Å². The molecule has 0 fully saturated rings. The van der Waals surface area contributed by atoms with Crippen LogP contribution in [-0.2, 0) is 11.8 Å². The van der Waals surface area contributed by atoms with Crippen LogP contribution in [0.25, 0.3) is 0 Å². The van der Waals surface area contributed by atoms with Gasteiger partial charge >= 0.3 is 5.96 Å². The van der Waals surface area contributed by atoms with E-state index in [4.69, 9.17) is 11.5 Å². The molecule has 0 bridgehead atoms. The molecule has 0 aromatic heterocycles. The molecule has 0 amide bonds. The van der Waals surface area contributed by atoms with Gasteiger partial charge in [0, 0.05) is 0 Å². The fraction of sp³-hybridized carbons (Fsp3) is 0.435. The van der Waals surface area contributed by atoms with Crippen molar-refractivity contribution in [3.63, 3.8) is 0 Å². The number of nitrogens with two attached hydrogens (primary N) is 2. The van der Waals surface area contributed by atoms with Crippen LogP contribution in [0.5, 0.6) is 0 Å². The van der Waals surface area contributed by atoms with Crippen molar-refractivity contribution in [3.05, 3.63) is 64.7 Å². The smallest absolute Gasteiger partial charge is 0.291 e. The van der Waals surface area contributed by atoms with Gasteiger partial charge in [-0.15, -0.1) is 0 Å². The molecule has 0 radical (unpaired) electrons. The highest BCUT2D eigenvalue weighted by Crippen LogP contribution is 2.38. The van der Waals surface area contributed by atoms with Crippen LogP contribution >= 0.6 is 0 Å². The van der Waals surface area contributed by atoms with Crippen LogP contribution in [0.1, 0.15) is 75.3 Å². The highest BCUT2D eigenvalue weighted by molar-refractivity contribution is 5.72. The standard InChI is InChI=1S/C23H31N3/c1-15(2)17-8-12-21-18(14-17)9-13-20(26(21)22(24)25)16-6-10-19(11-7-16)23(3,4)5/h6-8,10-12,14-15,20H,9,13H2,1-5H3,(H3,24,25)/p+1. The molecule has 138 valence electrons. The summed E-state index contributed by atoms with van der Waals surface area (Å²) in [6, 6.07) is 15.8. The van der Waals surface area contributed by atoms with E-state index < -0.39 is 0 Å². The maximum Gasteiger partial charge on any atom is 0.346 e. The maximum absolute atomic E-state index is 6.13. The van der Waals surface area contributed by atoms with Crippen molar-refractivity contribution in [2.75, 3.05) is 0 Å². The third-order valence-electron chi connectivity index (χ3n) is 5.47. The van der Waals surface area contributed by atoms with Gasteiger partial charge in [-0.05, 0) is 52.5 Å². The zero-order valence-electron chi connectivity index (χ0n) is 16.7. The SMILES string of the molecule is CC(C)c1ccc2c(c1)CCC(c1ccc(C(C)(C)C)cc1)[N+]2=C(N)N. The molecule has 0 spiro atoms. The lowest BCUT2D eigenvalue weighted by Crippen LogP contribution is -2.37. The number of hydrogen-bond acceptors (Lipinski definition) is 0. The highest BCUT2D eigenvalue weighted by Gasteiger charge is 2.29. The number of guanidine groups is 1. The largest absolute Gasteiger partial charge is 0.346 e. The van der Waals surface area contributed by atoms with Gasteiger partial charge in [0.25, 0.3) is 0 Å². The molecule has 0 saturated heterocycles. The van der Waals surface area contributed by atoms with E-state index in [1.54, 1.807) is 0 Å². The van der Waals surface area contributed by atoms with E-state index in [9.17, 15) is 0 Å². The van der Waals surface area contributed by atoms with E-state index in [2.05, 4.69) is 81.7 Å². The molecule has 1 unspecified atom stereocenters. The molecule has 2 aromatic carbocycles. The highest BCUT2D eigenvalue weighted by atomic mass is 15.2. The lowest BCUT2D eigenvalue weighted by Gasteiger charge is -2.29. The Morgan fingerprint density at radius 3 is 2.23 bits per heavy atom. The van der Waals surface area contributed by atoms with Gasteiger partial charge < -0.3 is 0 Å². The minimum Gasteiger partial charge on any atom is -0.291 e. The van der Waals surface area contributed by atoms with Gasteiger partial charge in [-0.2, -0.15) is 0 Å². The lowest BCUT2D eigenvalue weighted by molar-refractivity contribution is -0.500. The number of benzene rings is 2. The molecular formula is C23H32N3+. The predicted molar refractivity (Wildman–Crippen MR) is 110 cm³/mol. The molecule has 26 heavy (non-hydrogen) atoms. The second kappa shape index (κ2) is 6.79. The van der Waals surface area contributed by atoms with E-state index >= 15 is 0 Å². The van der Waals surface area contributed by atoms with Crippen LogP contribution in [-0.4, -0.2) is 10.5 Å². The molecule has 0 saturated carbocycles. The summed E-state index contributed by atoms with van der Waals surface area (Å²) in [4.78, 5) is 0. The maximum atomic E-state index is 6.13. The lowest BCUT2D eigenvalue weighted by atomic mass is 9.85. The Bertz CT molecular complexity index is 820. The molecule has 1 aliphatic rings. The van der Waals surface area contributed by atoms with Crippen LogP contribution in [0.2, 0.25) is 0 Å². The van der Waals surface area contributed by atoms with Gasteiger partial charge in [0.15, 0.2) is 0 Å². The molecular weight excluding hydrogens is 318 g/mol. The summed E-state index contributed by atoms with van der Waals surface area (Å²) in [6.07, 6.45) is 2.06. The minimum absolute atomic E-state index is 0.156. The monoisotopic (exact) mass is 350 g/mol. The van der Waals surface area contributed by atoms with Crippen LogP contribution in [0.15, 0.2) is 42.5 Å². The molecule has 1 aliphatic heterocycles. The summed E-state index contributed by atoms with van der Waals surface area (Å²) in [7, 11) is 0. The zero-order chi connectivity index (χ0) is 19.1. The first-order valence-corrected chi connectivity index (χ1v) is 9.59. The summed E-state index contributed by atoms with van der Waals surface area (Å²) in [6.45, 7) is 11.2. The molecule has 3 rings (SSSR count). The van der Waals surface area contributed by atoms with Crippen LogP contribution in [0, 0.1) is 0 Å². The van der Waals surface area contributed by atoms with Crippen molar-refractivity contribution in [1.82, 2.24) is 0 Å². The van der Waals surface area contributed by atoms with Gasteiger partial charge in [0.1, 0.15) is 11.7 Å². The normalized spacial score (nSPS) is 17.3. The minimum atomic E-state index is 0.156. The summed E-state index contributed by atoms with van der Waals surface area (Å²) in [5.41, 5.74) is 18.9. The summed E-state index contributed by atoms with van der Waals surface area (Å²) in [5, 5.41) is 0. The van der Waals surface area contributed by atoms with E-state index in [-0.39, 0.29) is 11.5 Å². The van der Waals surface area contributed by atoms with E-state index in [1.165, 1.54) is 22.3 Å². The zero-order valence-corrected chi connectivity index (χ0v) is 16.7. The van der Waals surface area contributed by atoms with Crippen LogP contribution in [0.4, 0.5) is 5.69 Å². The Kier molecular flexibility index (Phi) is 4.83. The van der Waals surface area contributed by atoms with E-state index in [1.807, 2.05) is 0 Å². The van der Waals surface area contributed by atoms with Crippen molar-refractivity contribution in [1.29, 1.82) is 0 Å². The van der Waals surface area contributed by atoms with Crippen molar-refractivity contribution >= 4 is 11.6 Å². The summed E-state index contributed by atoms with van der Waals surface area (Å²) >= 11 is 0. The molecule has 1 heterocycles.